The lowest BCUT2D eigenvalue weighted by Gasteiger charge is -2.05. The predicted molar refractivity (Wildman–Crippen MR) is 111 cm³/mol. The maximum absolute atomic E-state index is 5.75. The fraction of sp³-hybridized carbons (Fsp3) is 0.0500. The maximum Gasteiger partial charge on any atom is 0.180 e. The van der Waals surface area contributed by atoms with Crippen LogP contribution in [0, 0.1) is 6.92 Å². The summed E-state index contributed by atoms with van der Waals surface area (Å²) in [6.07, 6.45) is 5.41. The number of nitrogens with two attached hydrogens (primary N) is 1. The molecule has 0 fully saturated rings. The van der Waals surface area contributed by atoms with Crippen molar-refractivity contribution in [1.82, 2.24) is 30.1 Å². The quantitative estimate of drug-likeness (QED) is 0.484. The minimum absolute atomic E-state index is 0.533. The first-order valence-electron chi connectivity index (χ1n) is 8.64. The molecule has 0 atom stereocenters. The van der Waals surface area contributed by atoms with Crippen molar-refractivity contribution in [2.75, 3.05) is 5.73 Å². The zero-order valence-corrected chi connectivity index (χ0v) is 15.7. The van der Waals surface area contributed by atoms with Crippen LogP contribution in [0.5, 0.6) is 0 Å². The second-order valence-electron chi connectivity index (χ2n) is 6.33. The van der Waals surface area contributed by atoms with Gasteiger partial charge in [-0.15, -0.1) is 0 Å². The van der Waals surface area contributed by atoms with Gasteiger partial charge in [-0.2, -0.15) is 5.10 Å². The smallest absolute Gasteiger partial charge is 0.180 e. The second-order valence-corrected chi connectivity index (χ2v) is 7.40. The third-order valence-corrected chi connectivity index (χ3v) is 5.27. The minimum atomic E-state index is 0.533. The lowest BCUT2D eigenvalue weighted by Crippen LogP contribution is -1.91. The van der Waals surface area contributed by atoms with Crippen LogP contribution in [0.1, 0.15) is 5.69 Å². The predicted octanol–water partition coefficient (Wildman–Crippen LogP) is 4.10. The highest BCUT2D eigenvalue weighted by Crippen LogP contribution is 2.31. The number of aromatic amines is 1. The Morgan fingerprint density at radius 1 is 0.964 bits per heavy atom. The average molecular weight is 385 g/mol. The third kappa shape index (κ3) is 2.89. The number of hydrogen-bond donors (Lipinski definition) is 2. The number of rotatable bonds is 3. The maximum atomic E-state index is 5.75. The number of thiazole rings is 1. The van der Waals surface area contributed by atoms with Gasteiger partial charge in [0.2, 0.25) is 0 Å². The molecule has 0 aliphatic carbocycles. The number of nitrogen functional groups attached to an aromatic ring is 1. The Morgan fingerprint density at radius 3 is 2.71 bits per heavy atom. The van der Waals surface area contributed by atoms with Crippen molar-refractivity contribution in [2.24, 2.45) is 0 Å². The van der Waals surface area contributed by atoms with Crippen LogP contribution in [0.3, 0.4) is 0 Å². The highest BCUT2D eigenvalue weighted by molar-refractivity contribution is 7.18. The molecule has 7 nitrogen and oxygen atoms in total. The van der Waals surface area contributed by atoms with E-state index in [9.17, 15) is 0 Å². The van der Waals surface area contributed by atoms with Crippen LogP contribution in [-0.4, -0.2) is 30.1 Å². The summed E-state index contributed by atoms with van der Waals surface area (Å²) >= 11 is 1.43. The lowest BCUT2D eigenvalue weighted by molar-refractivity contribution is 1.08. The van der Waals surface area contributed by atoms with Crippen LogP contribution in [0.2, 0.25) is 0 Å². The summed E-state index contributed by atoms with van der Waals surface area (Å²) in [5.74, 6) is 0. The van der Waals surface area contributed by atoms with Crippen LogP contribution >= 0.6 is 11.3 Å². The standard InChI is InChI=1S/C20H15N7S/c1-11-3-2-4-16(25-11)19-13(9-24-27-19)14-5-6-15-17(26-14)7-12(8-22-15)18-10-23-20(21)28-18/h2-10H,1H3,(H2,21,23)(H,24,27). The van der Waals surface area contributed by atoms with Gasteiger partial charge in [-0.3, -0.25) is 15.1 Å². The fourth-order valence-corrected chi connectivity index (χ4v) is 3.73. The Hall–Kier alpha value is -3.65. The molecule has 0 unspecified atom stereocenters. The lowest BCUT2D eigenvalue weighted by atomic mass is 10.1. The summed E-state index contributed by atoms with van der Waals surface area (Å²) in [7, 11) is 0. The molecular weight excluding hydrogens is 370 g/mol. The Morgan fingerprint density at radius 2 is 1.89 bits per heavy atom. The molecule has 0 amide bonds. The van der Waals surface area contributed by atoms with Crippen LogP contribution < -0.4 is 5.73 Å². The summed E-state index contributed by atoms with van der Waals surface area (Å²) in [6, 6.07) is 11.8. The molecule has 0 aromatic carbocycles. The number of pyridine rings is 3. The Kier molecular flexibility index (Phi) is 3.84. The van der Waals surface area contributed by atoms with Gasteiger partial charge in [-0.25, -0.2) is 9.97 Å². The molecule has 3 N–H and O–H groups in total. The number of anilines is 1. The van der Waals surface area contributed by atoms with E-state index in [1.54, 1.807) is 6.20 Å². The molecule has 5 aromatic rings. The van der Waals surface area contributed by atoms with E-state index in [-0.39, 0.29) is 0 Å². The summed E-state index contributed by atoms with van der Waals surface area (Å²) in [5.41, 5.74) is 12.5. The Bertz CT molecular complexity index is 1300. The number of aromatic nitrogens is 6. The summed E-state index contributed by atoms with van der Waals surface area (Å²) in [5, 5.41) is 7.86. The molecule has 28 heavy (non-hydrogen) atoms. The molecule has 8 heteroatoms. The Balaban J connectivity index is 1.62. The van der Waals surface area contributed by atoms with Crippen molar-refractivity contribution in [2.45, 2.75) is 6.92 Å². The van der Waals surface area contributed by atoms with Gasteiger partial charge in [0.25, 0.3) is 0 Å². The molecule has 0 aliphatic heterocycles. The normalized spacial score (nSPS) is 11.2. The first-order chi connectivity index (χ1) is 13.7. The zero-order chi connectivity index (χ0) is 19.1. The van der Waals surface area contributed by atoms with Crippen molar-refractivity contribution in [3.8, 4) is 33.1 Å². The van der Waals surface area contributed by atoms with Crippen molar-refractivity contribution in [3.63, 3.8) is 0 Å². The highest BCUT2D eigenvalue weighted by atomic mass is 32.1. The number of H-pyrrole nitrogens is 1. The van der Waals surface area contributed by atoms with Gasteiger partial charge in [-0.1, -0.05) is 17.4 Å². The summed E-state index contributed by atoms with van der Waals surface area (Å²) in [4.78, 5) is 19.0. The largest absolute Gasteiger partial charge is 0.375 e. The van der Waals surface area contributed by atoms with E-state index in [4.69, 9.17) is 10.7 Å². The van der Waals surface area contributed by atoms with E-state index in [1.165, 1.54) is 11.3 Å². The molecule has 0 saturated carbocycles. The van der Waals surface area contributed by atoms with Crippen LogP contribution in [0.4, 0.5) is 5.13 Å². The van der Waals surface area contributed by atoms with Gasteiger partial charge in [0.15, 0.2) is 5.13 Å². The van der Waals surface area contributed by atoms with E-state index in [2.05, 4.69) is 25.1 Å². The number of fused-ring (bicyclic) bond motifs is 1. The Labute approximate surface area is 164 Å². The highest BCUT2D eigenvalue weighted by Gasteiger charge is 2.14. The molecule has 5 aromatic heterocycles. The fourth-order valence-electron chi connectivity index (χ4n) is 3.07. The molecule has 5 rings (SSSR count). The molecule has 0 radical (unpaired) electrons. The monoisotopic (exact) mass is 385 g/mol. The van der Waals surface area contributed by atoms with Crippen LogP contribution in [0.15, 0.2) is 55.0 Å². The molecule has 0 bridgehead atoms. The second kappa shape index (κ2) is 6.50. The van der Waals surface area contributed by atoms with Crippen molar-refractivity contribution < 1.29 is 0 Å². The van der Waals surface area contributed by atoms with E-state index in [0.717, 1.165) is 49.8 Å². The number of aryl methyl sites for hydroxylation is 1. The topological polar surface area (TPSA) is 106 Å². The molecule has 0 aliphatic rings. The van der Waals surface area contributed by atoms with Gasteiger partial charge < -0.3 is 5.73 Å². The first kappa shape index (κ1) is 16.5. The molecule has 0 saturated heterocycles. The van der Waals surface area contributed by atoms with E-state index < -0.39 is 0 Å². The van der Waals surface area contributed by atoms with Gasteiger partial charge >= 0.3 is 0 Å². The van der Waals surface area contributed by atoms with Crippen molar-refractivity contribution in [3.05, 3.63) is 60.7 Å². The van der Waals surface area contributed by atoms with Gasteiger partial charge in [-0.05, 0) is 37.3 Å². The van der Waals surface area contributed by atoms with Gasteiger partial charge in [0, 0.05) is 35.4 Å². The van der Waals surface area contributed by atoms with Crippen molar-refractivity contribution in [1.29, 1.82) is 0 Å². The van der Waals surface area contributed by atoms with Crippen LogP contribution in [-0.2, 0) is 0 Å². The van der Waals surface area contributed by atoms with E-state index in [1.807, 2.05) is 55.7 Å². The van der Waals surface area contributed by atoms with E-state index >= 15 is 0 Å². The SMILES string of the molecule is Cc1cccc(-c2n[nH]cc2-c2ccc3ncc(-c4cnc(N)s4)cc3n2)n1. The third-order valence-electron chi connectivity index (χ3n) is 4.39. The van der Waals surface area contributed by atoms with Gasteiger partial charge in [0.1, 0.15) is 5.69 Å². The van der Waals surface area contributed by atoms with Gasteiger partial charge in [0.05, 0.1) is 27.3 Å². The summed E-state index contributed by atoms with van der Waals surface area (Å²) in [6.45, 7) is 1.96. The molecule has 136 valence electrons. The first-order valence-corrected chi connectivity index (χ1v) is 9.46. The zero-order valence-electron chi connectivity index (χ0n) is 14.9. The van der Waals surface area contributed by atoms with Crippen molar-refractivity contribution >= 4 is 27.5 Å². The molecule has 0 spiro atoms. The molecular formula is C20H15N7S. The number of nitrogens with one attached hydrogen (secondary N) is 1. The molecule has 5 heterocycles. The van der Waals surface area contributed by atoms with E-state index in [0.29, 0.717) is 5.13 Å². The van der Waals surface area contributed by atoms with Crippen LogP contribution in [0.25, 0.3) is 44.1 Å². The summed E-state index contributed by atoms with van der Waals surface area (Å²) < 4.78 is 0. The average Bonchev–Trinajstić information content (AvgIpc) is 3.36. The number of hydrogen-bond acceptors (Lipinski definition) is 7. The minimum Gasteiger partial charge on any atom is -0.375 e. The number of nitrogens with zero attached hydrogens (tertiary/aromatic N) is 5.